The second kappa shape index (κ2) is 6.46. The Balaban J connectivity index is 1.59. The molecule has 0 unspecified atom stereocenters. The van der Waals surface area contributed by atoms with Crippen molar-refractivity contribution in [2.45, 2.75) is 25.9 Å². The third-order valence-corrected chi connectivity index (χ3v) is 5.89. The minimum Gasteiger partial charge on any atom is -0.506 e. The number of fused-ring (bicyclic) bond motifs is 2. The molecule has 2 aliphatic rings. The molecule has 1 fully saturated rings. The summed E-state index contributed by atoms with van der Waals surface area (Å²) >= 11 is 3.40. The van der Waals surface area contributed by atoms with E-state index in [0.717, 1.165) is 37.3 Å². The van der Waals surface area contributed by atoms with E-state index in [0.29, 0.717) is 16.5 Å². The van der Waals surface area contributed by atoms with Crippen molar-refractivity contribution in [2.24, 2.45) is 0 Å². The monoisotopic (exact) mass is 400 g/mol. The topological polar surface area (TPSA) is 43.8 Å². The van der Waals surface area contributed by atoms with Crippen molar-refractivity contribution in [3.63, 3.8) is 0 Å². The van der Waals surface area contributed by atoms with Crippen molar-refractivity contribution < 1.29 is 9.90 Å². The fourth-order valence-electron chi connectivity index (χ4n) is 4.05. The number of aryl methyl sites for hydroxylation is 1. The van der Waals surface area contributed by atoms with Crippen LogP contribution in [0.15, 0.2) is 40.9 Å². The van der Waals surface area contributed by atoms with Crippen molar-refractivity contribution >= 4 is 21.8 Å². The molecule has 0 aromatic heterocycles. The molecule has 5 heteroatoms. The van der Waals surface area contributed by atoms with Gasteiger partial charge in [-0.1, -0.05) is 30.3 Å². The molecular weight excluding hydrogens is 380 g/mol. The lowest BCUT2D eigenvalue weighted by Gasteiger charge is -2.45. The molecule has 0 spiro atoms. The Kier molecular flexibility index (Phi) is 4.29. The highest BCUT2D eigenvalue weighted by atomic mass is 79.9. The van der Waals surface area contributed by atoms with Gasteiger partial charge in [0, 0.05) is 43.3 Å². The summed E-state index contributed by atoms with van der Waals surface area (Å²) in [6.45, 7) is 5.30. The number of phenolic OH excluding ortho intramolecular Hbond substituents is 1. The SMILES string of the molecule is Cc1cc(Br)c(O)c2c1C(=O)N1CCN(Cc3ccccc3)C[C@H]1C2. The van der Waals surface area contributed by atoms with E-state index in [2.05, 4.69) is 45.1 Å². The minimum absolute atomic E-state index is 0.0610. The average Bonchev–Trinajstić information content (AvgIpc) is 2.60. The molecule has 25 heavy (non-hydrogen) atoms. The molecule has 0 saturated carbocycles. The zero-order chi connectivity index (χ0) is 17.6. The number of aromatic hydroxyl groups is 1. The van der Waals surface area contributed by atoms with Gasteiger partial charge >= 0.3 is 0 Å². The van der Waals surface area contributed by atoms with Crippen LogP contribution in [0, 0.1) is 6.92 Å². The molecule has 4 nitrogen and oxygen atoms in total. The number of hydrogen-bond donors (Lipinski definition) is 1. The first-order valence-corrected chi connectivity index (χ1v) is 9.42. The highest BCUT2D eigenvalue weighted by Gasteiger charge is 2.38. The van der Waals surface area contributed by atoms with Crippen LogP contribution in [0.25, 0.3) is 0 Å². The van der Waals surface area contributed by atoms with Gasteiger partial charge in [-0.2, -0.15) is 0 Å². The van der Waals surface area contributed by atoms with Gasteiger partial charge < -0.3 is 10.0 Å². The van der Waals surface area contributed by atoms with Gasteiger partial charge in [0.05, 0.1) is 4.47 Å². The van der Waals surface area contributed by atoms with E-state index in [4.69, 9.17) is 0 Å². The maximum absolute atomic E-state index is 13.0. The standard InChI is InChI=1S/C20H21BrN2O2/c1-13-9-17(21)19(24)16-10-15-12-22(11-14-5-3-2-4-6-14)7-8-23(15)20(25)18(13)16/h2-6,9,15,24H,7-8,10-12H2,1H3/t15-/m1/s1. The molecule has 2 aromatic carbocycles. The number of carbonyl (C=O) groups excluding carboxylic acids is 1. The van der Waals surface area contributed by atoms with Gasteiger partial charge in [-0.3, -0.25) is 9.69 Å². The van der Waals surface area contributed by atoms with E-state index in [1.807, 2.05) is 24.0 Å². The number of halogens is 1. The summed E-state index contributed by atoms with van der Waals surface area (Å²) in [5, 5.41) is 10.4. The summed E-state index contributed by atoms with van der Waals surface area (Å²) in [4.78, 5) is 17.4. The predicted molar refractivity (Wildman–Crippen MR) is 101 cm³/mol. The zero-order valence-electron chi connectivity index (χ0n) is 14.2. The third-order valence-electron chi connectivity index (χ3n) is 5.28. The molecule has 2 heterocycles. The van der Waals surface area contributed by atoms with Crippen molar-refractivity contribution in [1.29, 1.82) is 0 Å². The second-order valence-electron chi connectivity index (χ2n) is 6.95. The summed E-state index contributed by atoms with van der Waals surface area (Å²) in [5.41, 5.74) is 3.70. The van der Waals surface area contributed by atoms with Crippen LogP contribution in [0.4, 0.5) is 0 Å². The van der Waals surface area contributed by atoms with Crippen LogP contribution >= 0.6 is 15.9 Å². The van der Waals surface area contributed by atoms with Crippen molar-refractivity contribution in [1.82, 2.24) is 9.80 Å². The zero-order valence-corrected chi connectivity index (χ0v) is 15.8. The molecule has 1 amide bonds. The Morgan fingerprint density at radius 3 is 2.76 bits per heavy atom. The van der Waals surface area contributed by atoms with E-state index < -0.39 is 0 Å². The van der Waals surface area contributed by atoms with Crippen LogP contribution < -0.4 is 0 Å². The number of rotatable bonds is 2. The highest BCUT2D eigenvalue weighted by Crippen LogP contribution is 2.38. The van der Waals surface area contributed by atoms with Crippen LogP contribution in [0.2, 0.25) is 0 Å². The van der Waals surface area contributed by atoms with Crippen LogP contribution in [0.1, 0.15) is 27.0 Å². The van der Waals surface area contributed by atoms with Crippen molar-refractivity contribution in [3.05, 3.63) is 63.1 Å². The Morgan fingerprint density at radius 1 is 1.24 bits per heavy atom. The second-order valence-corrected chi connectivity index (χ2v) is 7.81. The summed E-state index contributed by atoms with van der Waals surface area (Å²) < 4.78 is 0.668. The molecule has 0 radical (unpaired) electrons. The van der Waals surface area contributed by atoms with Gasteiger partial charge in [0.2, 0.25) is 0 Å². The molecule has 0 bridgehead atoms. The van der Waals surface area contributed by atoms with Gasteiger partial charge in [0.15, 0.2) is 0 Å². The fourth-order valence-corrected chi connectivity index (χ4v) is 4.64. The predicted octanol–water partition coefficient (Wildman–Crippen LogP) is 3.35. The van der Waals surface area contributed by atoms with Crippen LogP contribution in [0.5, 0.6) is 5.75 Å². The number of hydrogen-bond acceptors (Lipinski definition) is 3. The van der Waals surface area contributed by atoms with Gasteiger partial charge in [-0.25, -0.2) is 0 Å². The maximum atomic E-state index is 13.0. The van der Waals surface area contributed by atoms with Gasteiger partial charge in [-0.05, 0) is 46.5 Å². The van der Waals surface area contributed by atoms with Crippen LogP contribution in [0.3, 0.4) is 0 Å². The Bertz CT molecular complexity index is 822. The normalized spacial score (nSPS) is 20.3. The van der Waals surface area contributed by atoms with E-state index in [1.54, 1.807) is 0 Å². The minimum atomic E-state index is 0.0610. The quantitative estimate of drug-likeness (QED) is 0.840. The number of nitrogens with zero attached hydrogens (tertiary/aromatic N) is 2. The van der Waals surface area contributed by atoms with E-state index in [9.17, 15) is 9.90 Å². The Labute approximate surface area is 156 Å². The highest BCUT2D eigenvalue weighted by molar-refractivity contribution is 9.10. The van der Waals surface area contributed by atoms with Crippen LogP contribution in [-0.2, 0) is 13.0 Å². The number of phenols is 1. The number of carbonyl (C=O) groups is 1. The number of benzene rings is 2. The molecule has 4 rings (SSSR count). The van der Waals surface area contributed by atoms with E-state index in [-0.39, 0.29) is 17.7 Å². The lowest BCUT2D eigenvalue weighted by Crippen LogP contribution is -2.57. The van der Waals surface area contributed by atoms with Gasteiger partial charge in [0.1, 0.15) is 5.75 Å². The smallest absolute Gasteiger partial charge is 0.254 e. The number of piperazine rings is 1. The Hall–Kier alpha value is -1.85. The molecule has 2 aliphatic heterocycles. The maximum Gasteiger partial charge on any atom is 0.254 e. The summed E-state index contributed by atoms with van der Waals surface area (Å²) in [6.07, 6.45) is 0.707. The van der Waals surface area contributed by atoms with E-state index in [1.165, 1.54) is 5.56 Å². The Morgan fingerprint density at radius 2 is 2.00 bits per heavy atom. The lowest BCUT2D eigenvalue weighted by atomic mass is 9.88. The summed E-state index contributed by atoms with van der Waals surface area (Å²) in [7, 11) is 0. The molecular formula is C20H21BrN2O2. The van der Waals surface area contributed by atoms with Crippen molar-refractivity contribution in [3.8, 4) is 5.75 Å². The molecule has 1 saturated heterocycles. The molecule has 1 atom stereocenters. The van der Waals surface area contributed by atoms with Gasteiger partial charge in [0.25, 0.3) is 5.91 Å². The lowest BCUT2D eigenvalue weighted by molar-refractivity contribution is 0.0398. The summed E-state index contributed by atoms with van der Waals surface area (Å²) in [6, 6.07) is 12.4. The van der Waals surface area contributed by atoms with Gasteiger partial charge in [-0.15, -0.1) is 0 Å². The number of amides is 1. The first-order valence-electron chi connectivity index (χ1n) is 8.63. The van der Waals surface area contributed by atoms with Crippen molar-refractivity contribution in [2.75, 3.05) is 19.6 Å². The average molecular weight is 401 g/mol. The van der Waals surface area contributed by atoms with Crippen LogP contribution in [-0.4, -0.2) is 46.5 Å². The molecule has 130 valence electrons. The summed E-state index contributed by atoms with van der Waals surface area (Å²) in [5.74, 6) is 0.277. The third kappa shape index (κ3) is 2.96. The largest absolute Gasteiger partial charge is 0.506 e. The van der Waals surface area contributed by atoms with E-state index >= 15 is 0 Å². The first kappa shape index (κ1) is 16.6. The molecule has 1 N–H and O–H groups in total. The molecule has 2 aromatic rings. The molecule has 0 aliphatic carbocycles. The fraction of sp³-hybridized carbons (Fsp3) is 0.350. The first-order chi connectivity index (χ1) is 12.0.